The van der Waals surface area contributed by atoms with E-state index in [2.05, 4.69) is 22.0 Å². The Morgan fingerprint density at radius 1 is 1.44 bits per heavy atom. The van der Waals surface area contributed by atoms with Gasteiger partial charge in [-0.25, -0.2) is 0 Å². The van der Waals surface area contributed by atoms with Crippen molar-refractivity contribution in [2.45, 2.75) is 18.7 Å². The van der Waals surface area contributed by atoms with Crippen molar-refractivity contribution >= 4 is 21.9 Å². The van der Waals surface area contributed by atoms with E-state index >= 15 is 0 Å². The van der Waals surface area contributed by atoms with E-state index in [4.69, 9.17) is 14.7 Å². The highest BCUT2D eigenvalue weighted by Crippen LogP contribution is 2.25. The lowest BCUT2D eigenvalue weighted by atomic mass is 10.0. The van der Waals surface area contributed by atoms with E-state index < -0.39 is 0 Å². The number of benzene rings is 1. The van der Waals surface area contributed by atoms with Crippen LogP contribution in [0.1, 0.15) is 23.6 Å². The number of carbonyl (C=O) groups is 1. The number of hydrogen-bond donors (Lipinski definition) is 0. The Morgan fingerprint density at radius 3 is 2.67 bits per heavy atom. The third-order valence-electron chi connectivity index (χ3n) is 2.43. The lowest BCUT2D eigenvalue weighted by Crippen LogP contribution is -2.09. The van der Waals surface area contributed by atoms with Crippen LogP contribution in [0.4, 0.5) is 0 Å². The fraction of sp³-hybridized carbons (Fsp3) is 0.385. The molecular formula is C13H14BrNO3. The van der Waals surface area contributed by atoms with Crippen LogP contribution < -0.4 is 4.74 Å². The maximum atomic E-state index is 11.5. The number of methoxy groups -OCH3 is 1. The highest BCUT2D eigenvalue weighted by Gasteiger charge is 2.13. The van der Waals surface area contributed by atoms with Crippen molar-refractivity contribution in [2.24, 2.45) is 0 Å². The third-order valence-corrected chi connectivity index (χ3v) is 3.03. The van der Waals surface area contributed by atoms with Gasteiger partial charge in [0.1, 0.15) is 11.8 Å². The number of rotatable bonds is 5. The van der Waals surface area contributed by atoms with Gasteiger partial charge in [0.25, 0.3) is 0 Å². The van der Waals surface area contributed by atoms with Crippen LogP contribution in [0.3, 0.4) is 0 Å². The van der Waals surface area contributed by atoms with Gasteiger partial charge < -0.3 is 9.47 Å². The van der Waals surface area contributed by atoms with Crippen LogP contribution in [0.5, 0.6) is 5.75 Å². The predicted molar refractivity (Wildman–Crippen MR) is 70.7 cm³/mol. The van der Waals surface area contributed by atoms with Crippen LogP contribution in [0.15, 0.2) is 12.1 Å². The van der Waals surface area contributed by atoms with Crippen molar-refractivity contribution in [1.82, 2.24) is 0 Å². The zero-order valence-electron chi connectivity index (χ0n) is 10.3. The second kappa shape index (κ2) is 7.02. The number of ether oxygens (including phenoxy) is 2. The SMILES string of the molecule is CCOC(=O)Cc1cc(OC)c(C#N)cc1CBr. The summed E-state index contributed by atoms with van der Waals surface area (Å²) in [6, 6.07) is 5.50. The molecule has 0 bridgehead atoms. The molecule has 0 heterocycles. The normalized spacial score (nSPS) is 9.67. The van der Waals surface area contributed by atoms with Crippen molar-refractivity contribution in [1.29, 1.82) is 5.26 Å². The van der Waals surface area contributed by atoms with Gasteiger partial charge in [-0.2, -0.15) is 5.26 Å². The molecule has 0 spiro atoms. The van der Waals surface area contributed by atoms with Gasteiger partial charge >= 0.3 is 5.97 Å². The summed E-state index contributed by atoms with van der Waals surface area (Å²) in [4.78, 5) is 11.5. The molecule has 0 fully saturated rings. The number of halogens is 1. The summed E-state index contributed by atoms with van der Waals surface area (Å²) in [7, 11) is 1.50. The van der Waals surface area contributed by atoms with Gasteiger partial charge in [0, 0.05) is 5.33 Å². The van der Waals surface area contributed by atoms with Crippen LogP contribution in [0.2, 0.25) is 0 Å². The molecule has 5 heteroatoms. The Morgan fingerprint density at radius 2 is 2.17 bits per heavy atom. The first-order valence-corrected chi connectivity index (χ1v) is 6.59. The quantitative estimate of drug-likeness (QED) is 0.619. The summed E-state index contributed by atoms with van der Waals surface area (Å²) in [5.41, 5.74) is 2.15. The molecule has 0 atom stereocenters. The highest BCUT2D eigenvalue weighted by molar-refractivity contribution is 9.08. The second-order valence-corrected chi connectivity index (χ2v) is 4.11. The van der Waals surface area contributed by atoms with Crippen LogP contribution in [0.25, 0.3) is 0 Å². The molecule has 0 saturated carbocycles. The predicted octanol–water partition coefficient (Wildman–Crippen LogP) is 2.57. The van der Waals surface area contributed by atoms with E-state index in [1.54, 1.807) is 19.1 Å². The Labute approximate surface area is 115 Å². The number of nitrogens with zero attached hydrogens (tertiary/aromatic N) is 1. The maximum Gasteiger partial charge on any atom is 0.310 e. The van der Waals surface area contributed by atoms with Gasteiger partial charge in [-0.05, 0) is 30.2 Å². The molecule has 4 nitrogen and oxygen atoms in total. The monoisotopic (exact) mass is 311 g/mol. The standard InChI is InChI=1S/C13H14BrNO3/c1-3-18-13(16)6-9-5-12(17-2)11(8-15)4-10(9)7-14/h4-5H,3,6-7H2,1-2H3. The smallest absolute Gasteiger partial charge is 0.310 e. The van der Waals surface area contributed by atoms with Crippen molar-refractivity contribution in [3.05, 3.63) is 28.8 Å². The van der Waals surface area contributed by atoms with Gasteiger partial charge in [-0.3, -0.25) is 4.79 Å². The Bertz CT molecular complexity index is 480. The van der Waals surface area contributed by atoms with Crippen molar-refractivity contribution in [2.75, 3.05) is 13.7 Å². The molecule has 0 saturated heterocycles. The molecule has 1 rings (SSSR count). The molecule has 18 heavy (non-hydrogen) atoms. The molecule has 0 aromatic heterocycles. The molecule has 0 amide bonds. The van der Waals surface area contributed by atoms with Gasteiger partial charge in [0.05, 0.1) is 25.7 Å². The molecule has 0 aliphatic heterocycles. The average Bonchev–Trinajstić information content (AvgIpc) is 2.38. The van der Waals surface area contributed by atoms with Crippen LogP contribution >= 0.6 is 15.9 Å². The van der Waals surface area contributed by atoms with Crippen LogP contribution in [-0.4, -0.2) is 19.7 Å². The largest absolute Gasteiger partial charge is 0.495 e. The first kappa shape index (κ1) is 14.5. The van der Waals surface area contributed by atoms with E-state index in [1.165, 1.54) is 7.11 Å². The summed E-state index contributed by atoms with van der Waals surface area (Å²) in [6.07, 6.45) is 0.177. The van der Waals surface area contributed by atoms with Gasteiger partial charge in [0.2, 0.25) is 0 Å². The van der Waals surface area contributed by atoms with Crippen molar-refractivity contribution in [3.8, 4) is 11.8 Å². The molecule has 0 aliphatic rings. The Kier molecular flexibility index (Phi) is 5.66. The van der Waals surface area contributed by atoms with E-state index in [9.17, 15) is 4.79 Å². The number of nitriles is 1. The minimum Gasteiger partial charge on any atom is -0.495 e. The van der Waals surface area contributed by atoms with Gasteiger partial charge in [-0.15, -0.1) is 0 Å². The fourth-order valence-electron chi connectivity index (χ4n) is 1.58. The lowest BCUT2D eigenvalue weighted by molar-refractivity contribution is -0.142. The first-order valence-electron chi connectivity index (χ1n) is 5.47. The lowest BCUT2D eigenvalue weighted by Gasteiger charge is -2.11. The van der Waals surface area contributed by atoms with Crippen molar-refractivity contribution < 1.29 is 14.3 Å². The van der Waals surface area contributed by atoms with Gasteiger partial charge in [0.15, 0.2) is 0 Å². The van der Waals surface area contributed by atoms with E-state index in [1.807, 2.05) is 0 Å². The molecule has 1 aromatic carbocycles. The third kappa shape index (κ3) is 3.47. The second-order valence-electron chi connectivity index (χ2n) is 3.55. The summed E-state index contributed by atoms with van der Waals surface area (Å²) >= 11 is 3.34. The molecule has 0 aliphatic carbocycles. The number of carbonyl (C=O) groups excluding carboxylic acids is 1. The molecule has 96 valence electrons. The fourth-order valence-corrected chi connectivity index (χ4v) is 2.10. The minimum atomic E-state index is -0.286. The maximum absolute atomic E-state index is 11.5. The van der Waals surface area contributed by atoms with E-state index in [0.29, 0.717) is 23.2 Å². The van der Waals surface area contributed by atoms with Crippen molar-refractivity contribution in [3.63, 3.8) is 0 Å². The molecule has 0 N–H and O–H groups in total. The first-order chi connectivity index (χ1) is 8.65. The summed E-state index contributed by atoms with van der Waals surface area (Å²) < 4.78 is 10.0. The molecule has 1 aromatic rings. The minimum absolute atomic E-state index is 0.177. The zero-order valence-corrected chi connectivity index (χ0v) is 11.9. The number of hydrogen-bond acceptors (Lipinski definition) is 4. The zero-order chi connectivity index (χ0) is 13.5. The molecule has 0 radical (unpaired) electrons. The van der Waals surface area contributed by atoms with Gasteiger partial charge in [-0.1, -0.05) is 15.9 Å². The Balaban J connectivity index is 3.10. The summed E-state index contributed by atoms with van der Waals surface area (Å²) in [5, 5.41) is 9.56. The summed E-state index contributed by atoms with van der Waals surface area (Å²) in [5.74, 6) is 0.188. The summed E-state index contributed by atoms with van der Waals surface area (Å²) in [6.45, 7) is 2.12. The molecular weight excluding hydrogens is 298 g/mol. The topological polar surface area (TPSA) is 59.3 Å². The highest BCUT2D eigenvalue weighted by atomic mass is 79.9. The van der Waals surface area contributed by atoms with Crippen LogP contribution in [-0.2, 0) is 21.3 Å². The van der Waals surface area contributed by atoms with E-state index in [-0.39, 0.29) is 12.4 Å². The average molecular weight is 312 g/mol. The molecule has 0 unspecified atom stereocenters. The van der Waals surface area contributed by atoms with Crippen LogP contribution in [0, 0.1) is 11.3 Å². The Hall–Kier alpha value is -1.54. The number of esters is 1. The van der Waals surface area contributed by atoms with E-state index in [0.717, 1.165) is 11.1 Å². The number of alkyl halides is 1.